The molecule has 13 N–H and O–H groups in total. The number of hydrogen-bond acceptors (Lipinski definition) is 32. The molecule has 0 aromatic rings. The number of piperidine rings is 3. The Labute approximate surface area is 636 Å². The number of likely N-dealkylation sites (tertiary alicyclic amines) is 3. The van der Waals surface area contributed by atoms with Crippen molar-refractivity contribution in [1.29, 1.82) is 0 Å². The van der Waals surface area contributed by atoms with Crippen LogP contribution in [-0.4, -0.2) is 349 Å². The number of phosphoric acid groups is 3. The molecule has 0 saturated carbocycles. The minimum Gasteiger partial charge on any atom is -0.394 e. The lowest BCUT2D eigenvalue weighted by Crippen LogP contribution is -2.64. The average molecular weight is 1640 g/mol. The van der Waals surface area contributed by atoms with Crippen LogP contribution in [0.2, 0.25) is 0 Å². The molecule has 0 aliphatic carbocycles. The van der Waals surface area contributed by atoms with Crippen LogP contribution in [0.4, 0.5) is 0 Å². The molecular formula is C67H123N4O35P3. The third-order valence-electron chi connectivity index (χ3n) is 19.8. The molecule has 6 heterocycles. The molecule has 0 spiro atoms. The van der Waals surface area contributed by atoms with E-state index in [2.05, 4.69) is 5.32 Å². The van der Waals surface area contributed by atoms with Gasteiger partial charge in [-0.1, -0.05) is 13.8 Å². The summed E-state index contributed by atoms with van der Waals surface area (Å²) < 4.78 is 129. The normalized spacial score (nSPS) is 30.0. The molecule has 4 amide bonds. The number of aliphatic hydroxyl groups excluding tert-OH is 9. The maximum absolute atomic E-state index is 13.1. The zero-order chi connectivity index (χ0) is 79.7. The summed E-state index contributed by atoms with van der Waals surface area (Å²) in [7, 11) is -12.2. The van der Waals surface area contributed by atoms with E-state index < -0.39 is 165 Å². The number of phosphoric ester groups is 3. The summed E-state index contributed by atoms with van der Waals surface area (Å²) in [6.45, 7) is 4.54. The molecule has 109 heavy (non-hydrogen) atoms. The third kappa shape index (κ3) is 32.8. The number of unbranched alkanes of at least 4 members (excludes halogenated alkanes) is 3. The van der Waals surface area contributed by atoms with Gasteiger partial charge in [0.25, 0.3) is 0 Å². The van der Waals surface area contributed by atoms with Crippen molar-refractivity contribution in [2.24, 2.45) is 17.3 Å². The van der Waals surface area contributed by atoms with E-state index in [0.717, 1.165) is 0 Å². The van der Waals surface area contributed by atoms with E-state index in [9.17, 15) is 93.5 Å². The zero-order valence-electron chi connectivity index (χ0n) is 63.1. The monoisotopic (exact) mass is 1640 g/mol. The number of nitrogens with one attached hydrogen (secondary N) is 1. The molecule has 0 bridgehead atoms. The summed E-state index contributed by atoms with van der Waals surface area (Å²) in [6, 6.07) is -1.09. The largest absolute Gasteiger partial charge is 0.472 e. The molecule has 42 heteroatoms. The molecule has 636 valence electrons. The van der Waals surface area contributed by atoms with Crippen LogP contribution in [0.15, 0.2) is 0 Å². The van der Waals surface area contributed by atoms with E-state index in [1.165, 1.54) is 14.0 Å². The SMILES string of the molecule is COCC(COCCCOP(=O)(O)OC1CCN(C(=O)CCCCO[C@@H]2OC(CO)[C@H](O)C(O)[C@@H]2C)CC1)(COCCCOP(=O)(O)OC1CCN(C(=O)CCCCO[C@@H]2OC(CO)[C@H](O)C(O)[C@@H]2C)CC1)COCCCOP(=O)(O)OC1CCN(C(=O)CCCCO[C@@H]2OC(CO)[C@H](O)C(O)[C@@H]2NC(C)=O)CC1. The fourth-order valence-electron chi connectivity index (χ4n) is 13.4. The molecule has 6 fully saturated rings. The van der Waals surface area contributed by atoms with Crippen LogP contribution in [0.1, 0.15) is 136 Å². The molecule has 6 aliphatic heterocycles. The Morgan fingerprint density at radius 2 is 0.725 bits per heavy atom. The first kappa shape index (κ1) is 95.3. The van der Waals surface area contributed by atoms with Crippen molar-refractivity contribution < 1.29 is 168 Å². The predicted molar refractivity (Wildman–Crippen MR) is 379 cm³/mol. The van der Waals surface area contributed by atoms with Gasteiger partial charge in [0.15, 0.2) is 18.9 Å². The average Bonchev–Trinajstić information content (AvgIpc) is 0.817. The Balaban J connectivity index is 0.883. The van der Waals surface area contributed by atoms with Gasteiger partial charge in [-0.25, -0.2) is 13.7 Å². The van der Waals surface area contributed by atoms with Gasteiger partial charge in [0.2, 0.25) is 23.6 Å². The van der Waals surface area contributed by atoms with Gasteiger partial charge >= 0.3 is 23.5 Å². The van der Waals surface area contributed by atoms with Crippen molar-refractivity contribution in [1.82, 2.24) is 20.0 Å². The summed E-state index contributed by atoms with van der Waals surface area (Å²) in [5, 5.41) is 92.5. The van der Waals surface area contributed by atoms with Crippen LogP contribution >= 0.6 is 23.5 Å². The first-order valence-electron chi connectivity index (χ1n) is 38.0. The van der Waals surface area contributed by atoms with E-state index in [1.807, 2.05) is 0 Å². The van der Waals surface area contributed by atoms with E-state index in [4.69, 9.17) is 74.5 Å². The van der Waals surface area contributed by atoms with Gasteiger partial charge in [-0.2, -0.15) is 0 Å². The fourth-order valence-corrected chi connectivity index (χ4v) is 16.4. The predicted octanol–water partition coefficient (Wildman–Crippen LogP) is -0.132. The number of methoxy groups -OCH3 is 1. The van der Waals surface area contributed by atoms with Gasteiger partial charge in [0, 0.05) is 124 Å². The van der Waals surface area contributed by atoms with Gasteiger partial charge in [0.1, 0.15) is 48.8 Å². The number of hydrogen-bond donors (Lipinski definition) is 13. The van der Waals surface area contributed by atoms with Crippen molar-refractivity contribution in [2.45, 2.75) is 235 Å². The molecular weight excluding hydrogens is 1510 g/mol. The number of carbonyl (C=O) groups is 4. The molecule has 0 aromatic carbocycles. The van der Waals surface area contributed by atoms with Crippen molar-refractivity contribution in [2.75, 3.05) is 152 Å². The standard InChI is InChI=1S/C67H123N4O35P3/c1-45-58(79)60(81)51(38-72)101-64(45)95-32-8-5-14-54(76)69-23-17-48(18-24-69)104-107(85,86)98-35-11-29-92-42-67(41-91-4,43-93-30-12-36-99-108(87,88)105-49-19-25-70(26-20-49)55(77)15-6-9-33-96-65-46(2)59(80)61(82)52(39-73)102-65)44-94-31-13-37-100-109(89,90)106-50-21-27-71(28-22-50)56(78)16-7-10-34-97-66-57(68-47(3)75)63(84)62(83)53(40-74)103-66/h45-46,48-53,57-66,72-74,79-84H,5-44H2,1-4H3,(H,68,75)(H,85,86)(H,87,88)(H,89,90)/t45-,46-,51?,52?,53?,57-,58?,59?,60-,61-,62-,63?,64+,65+,66+,67?/m0/s1. The van der Waals surface area contributed by atoms with Crippen molar-refractivity contribution in [3.63, 3.8) is 0 Å². The van der Waals surface area contributed by atoms with Gasteiger partial charge in [0.05, 0.1) is 102 Å². The Hall–Kier alpha value is -2.55. The molecule has 0 aromatic heterocycles. The van der Waals surface area contributed by atoms with Crippen LogP contribution in [0.5, 0.6) is 0 Å². The number of ether oxygens (including phenoxy) is 10. The summed E-state index contributed by atoms with van der Waals surface area (Å²) in [6.07, 6.45) is -9.99. The minimum absolute atomic E-state index is 0.0228. The van der Waals surface area contributed by atoms with E-state index >= 15 is 0 Å². The van der Waals surface area contributed by atoms with Crippen LogP contribution in [0, 0.1) is 17.3 Å². The maximum Gasteiger partial charge on any atom is 0.472 e. The smallest absolute Gasteiger partial charge is 0.394 e. The number of carbonyl (C=O) groups excluding carboxylic acids is 4. The summed E-state index contributed by atoms with van der Waals surface area (Å²) in [5.74, 6) is -1.92. The molecule has 18 atom stereocenters. The van der Waals surface area contributed by atoms with E-state index in [1.54, 1.807) is 28.5 Å². The Bertz CT molecular complexity index is 2660. The van der Waals surface area contributed by atoms with E-state index in [0.29, 0.717) is 90.4 Å². The molecule has 6 aliphatic rings. The lowest BCUT2D eigenvalue weighted by Gasteiger charge is -2.42. The number of aliphatic hydroxyl groups is 9. The third-order valence-corrected chi connectivity index (χ3v) is 23.0. The summed E-state index contributed by atoms with van der Waals surface area (Å²) in [4.78, 5) is 87.7. The van der Waals surface area contributed by atoms with Gasteiger partial charge in [-0.3, -0.25) is 46.3 Å². The second-order valence-electron chi connectivity index (χ2n) is 28.7. The van der Waals surface area contributed by atoms with Crippen molar-refractivity contribution >= 4 is 47.1 Å². The maximum atomic E-state index is 13.1. The molecule has 0 radical (unpaired) electrons. The summed E-state index contributed by atoms with van der Waals surface area (Å²) >= 11 is 0. The second kappa shape index (κ2) is 48.9. The highest BCUT2D eigenvalue weighted by molar-refractivity contribution is 7.48. The topological polar surface area (TPSA) is 532 Å². The van der Waals surface area contributed by atoms with Crippen molar-refractivity contribution in [3.05, 3.63) is 0 Å². The Morgan fingerprint density at radius 1 is 0.422 bits per heavy atom. The highest BCUT2D eigenvalue weighted by Crippen LogP contribution is 2.48. The van der Waals surface area contributed by atoms with Gasteiger partial charge in [-0.05, 0) is 96.3 Å². The first-order chi connectivity index (χ1) is 51.9. The highest BCUT2D eigenvalue weighted by Gasteiger charge is 2.47. The second-order valence-corrected chi connectivity index (χ2v) is 32.9. The Morgan fingerprint density at radius 3 is 1.03 bits per heavy atom. The molecule has 6 rings (SSSR count). The minimum atomic E-state index is -4.56. The van der Waals surface area contributed by atoms with Crippen LogP contribution in [0.25, 0.3) is 0 Å². The van der Waals surface area contributed by atoms with Gasteiger partial charge < -0.3 is 128 Å². The molecule has 6 saturated heterocycles. The highest BCUT2D eigenvalue weighted by atomic mass is 31.2. The van der Waals surface area contributed by atoms with Gasteiger partial charge in [-0.15, -0.1) is 0 Å². The molecule has 39 nitrogen and oxygen atoms in total. The lowest BCUT2D eigenvalue weighted by molar-refractivity contribution is -0.282. The first-order valence-corrected chi connectivity index (χ1v) is 42.4. The van der Waals surface area contributed by atoms with Crippen LogP contribution in [-0.2, 0) is 107 Å². The Kier molecular flexibility index (Phi) is 42.7. The lowest BCUT2D eigenvalue weighted by atomic mass is 9.92. The fraction of sp³-hybridized carbons (Fsp3) is 0.940. The van der Waals surface area contributed by atoms with Crippen molar-refractivity contribution in [3.8, 4) is 0 Å². The number of nitrogens with zero attached hydrogens (tertiary/aromatic N) is 3. The molecule has 9 unspecified atom stereocenters. The van der Waals surface area contributed by atoms with Crippen LogP contribution < -0.4 is 5.32 Å². The van der Waals surface area contributed by atoms with Crippen LogP contribution in [0.3, 0.4) is 0 Å². The summed E-state index contributed by atoms with van der Waals surface area (Å²) in [5.41, 5.74) is -0.999. The number of rotatable bonds is 51. The zero-order valence-corrected chi connectivity index (χ0v) is 65.8. The number of amides is 4. The quantitative estimate of drug-likeness (QED) is 0.0279. The van der Waals surface area contributed by atoms with E-state index in [-0.39, 0.29) is 168 Å².